The average molecular weight is 317 g/mol. The summed E-state index contributed by atoms with van der Waals surface area (Å²) in [4.78, 5) is 28.5. The van der Waals surface area contributed by atoms with E-state index in [1.807, 2.05) is 31.4 Å². The molecule has 0 aliphatic heterocycles. The maximum Gasteiger partial charge on any atom is 0.252 e. The molecule has 2 rings (SSSR count). The number of aromatic nitrogens is 1. The van der Waals surface area contributed by atoms with E-state index < -0.39 is 0 Å². The molecule has 0 unspecified atom stereocenters. The van der Waals surface area contributed by atoms with E-state index in [-0.39, 0.29) is 24.3 Å². The fraction of sp³-hybridized carbons (Fsp3) is 0.312. The molecule has 0 radical (unpaired) electrons. The molecule has 22 heavy (non-hydrogen) atoms. The Morgan fingerprint density at radius 2 is 2.14 bits per heavy atom. The lowest BCUT2D eigenvalue weighted by Gasteiger charge is -2.08. The number of pyridine rings is 1. The van der Waals surface area contributed by atoms with Crippen molar-refractivity contribution >= 4 is 23.2 Å². The lowest BCUT2D eigenvalue weighted by atomic mass is 10.3. The van der Waals surface area contributed by atoms with Crippen molar-refractivity contribution in [3.05, 3.63) is 52.3 Å². The first kappa shape index (κ1) is 16.2. The Bertz CT molecular complexity index is 702. The molecule has 0 aliphatic carbocycles. The molecule has 0 saturated heterocycles. The SMILES string of the molecule is CC(C)N=c1ccccn1C(=O)CCNC(=O)c1ccsc1. The fourth-order valence-electron chi connectivity index (χ4n) is 1.91. The van der Waals surface area contributed by atoms with Crippen LogP contribution in [0.15, 0.2) is 46.2 Å². The topological polar surface area (TPSA) is 63.5 Å². The highest BCUT2D eigenvalue weighted by Gasteiger charge is 2.08. The van der Waals surface area contributed by atoms with Gasteiger partial charge in [-0.05, 0) is 37.4 Å². The smallest absolute Gasteiger partial charge is 0.252 e. The summed E-state index contributed by atoms with van der Waals surface area (Å²) < 4.78 is 1.52. The van der Waals surface area contributed by atoms with Crippen LogP contribution in [0, 0.1) is 0 Å². The van der Waals surface area contributed by atoms with Gasteiger partial charge in [0, 0.05) is 36.1 Å². The van der Waals surface area contributed by atoms with E-state index in [1.165, 1.54) is 15.9 Å². The van der Waals surface area contributed by atoms with Crippen molar-refractivity contribution in [1.29, 1.82) is 0 Å². The molecule has 116 valence electrons. The Morgan fingerprint density at radius 1 is 1.32 bits per heavy atom. The first-order valence-corrected chi connectivity index (χ1v) is 8.07. The third kappa shape index (κ3) is 4.39. The monoisotopic (exact) mass is 317 g/mol. The molecule has 1 N–H and O–H groups in total. The number of carbonyl (C=O) groups is 2. The first-order chi connectivity index (χ1) is 10.6. The summed E-state index contributed by atoms with van der Waals surface area (Å²) in [5, 5.41) is 6.38. The van der Waals surface area contributed by atoms with Crippen LogP contribution in [0.5, 0.6) is 0 Å². The molecule has 6 heteroatoms. The number of rotatable bonds is 5. The summed E-state index contributed by atoms with van der Waals surface area (Å²) in [5.74, 6) is -0.246. The molecule has 2 aromatic rings. The molecule has 2 heterocycles. The summed E-state index contributed by atoms with van der Waals surface area (Å²) >= 11 is 1.47. The molecular formula is C16H19N3O2S. The van der Waals surface area contributed by atoms with Crippen molar-refractivity contribution in [2.45, 2.75) is 26.3 Å². The molecule has 0 fully saturated rings. The number of thiophene rings is 1. The van der Waals surface area contributed by atoms with Crippen LogP contribution in [0.3, 0.4) is 0 Å². The van der Waals surface area contributed by atoms with Gasteiger partial charge in [-0.25, -0.2) is 0 Å². The number of carbonyl (C=O) groups excluding carboxylic acids is 2. The third-order valence-corrected chi connectivity index (χ3v) is 3.59. The second-order valence-electron chi connectivity index (χ2n) is 5.06. The van der Waals surface area contributed by atoms with Gasteiger partial charge >= 0.3 is 0 Å². The van der Waals surface area contributed by atoms with Crippen LogP contribution >= 0.6 is 11.3 Å². The molecule has 5 nitrogen and oxygen atoms in total. The Balaban J connectivity index is 1.97. The number of amides is 1. The molecule has 0 bridgehead atoms. The van der Waals surface area contributed by atoms with Crippen LogP contribution in [-0.2, 0) is 0 Å². The second kappa shape index (κ2) is 7.70. The summed E-state index contributed by atoms with van der Waals surface area (Å²) in [6.07, 6.45) is 1.93. The van der Waals surface area contributed by atoms with E-state index in [0.29, 0.717) is 17.6 Å². The average Bonchev–Trinajstić information content (AvgIpc) is 3.01. The van der Waals surface area contributed by atoms with Crippen molar-refractivity contribution in [2.75, 3.05) is 6.54 Å². The van der Waals surface area contributed by atoms with E-state index in [4.69, 9.17) is 0 Å². The van der Waals surface area contributed by atoms with Crippen molar-refractivity contribution in [1.82, 2.24) is 9.88 Å². The van der Waals surface area contributed by atoms with Crippen molar-refractivity contribution in [3.8, 4) is 0 Å². The van der Waals surface area contributed by atoms with Gasteiger partial charge in [-0.15, -0.1) is 0 Å². The highest BCUT2D eigenvalue weighted by Crippen LogP contribution is 2.05. The summed E-state index contributed by atoms with van der Waals surface area (Å²) in [6.45, 7) is 4.22. The van der Waals surface area contributed by atoms with Crippen LogP contribution in [-0.4, -0.2) is 29.0 Å². The largest absolute Gasteiger partial charge is 0.351 e. The number of hydrogen-bond acceptors (Lipinski definition) is 4. The fourth-order valence-corrected chi connectivity index (χ4v) is 2.55. The van der Waals surface area contributed by atoms with Gasteiger partial charge in [-0.2, -0.15) is 11.3 Å². The van der Waals surface area contributed by atoms with Gasteiger partial charge in [-0.3, -0.25) is 19.1 Å². The second-order valence-corrected chi connectivity index (χ2v) is 5.84. The minimum absolute atomic E-state index is 0.0920. The Morgan fingerprint density at radius 3 is 2.82 bits per heavy atom. The van der Waals surface area contributed by atoms with Crippen LogP contribution < -0.4 is 10.8 Å². The maximum absolute atomic E-state index is 12.3. The van der Waals surface area contributed by atoms with Gasteiger partial charge in [0.25, 0.3) is 5.91 Å². The van der Waals surface area contributed by atoms with E-state index in [0.717, 1.165) is 0 Å². The van der Waals surface area contributed by atoms with Gasteiger partial charge in [0.05, 0.1) is 0 Å². The molecule has 0 aliphatic rings. The molecule has 1 amide bonds. The molecular weight excluding hydrogens is 298 g/mol. The van der Waals surface area contributed by atoms with Crippen LogP contribution in [0.4, 0.5) is 0 Å². The Hall–Kier alpha value is -2.21. The minimum Gasteiger partial charge on any atom is -0.351 e. The van der Waals surface area contributed by atoms with E-state index in [1.54, 1.807) is 23.7 Å². The predicted molar refractivity (Wildman–Crippen MR) is 87.0 cm³/mol. The third-order valence-electron chi connectivity index (χ3n) is 2.91. The highest BCUT2D eigenvalue weighted by molar-refractivity contribution is 7.08. The predicted octanol–water partition coefficient (Wildman–Crippen LogP) is 2.32. The maximum atomic E-state index is 12.3. The Labute approximate surface area is 133 Å². The number of nitrogens with zero attached hydrogens (tertiary/aromatic N) is 2. The minimum atomic E-state index is -0.154. The van der Waals surface area contributed by atoms with Crippen molar-refractivity contribution < 1.29 is 9.59 Å². The van der Waals surface area contributed by atoms with Gasteiger partial charge < -0.3 is 5.32 Å². The van der Waals surface area contributed by atoms with Crippen molar-refractivity contribution in [2.24, 2.45) is 4.99 Å². The zero-order chi connectivity index (χ0) is 15.9. The standard InChI is InChI=1S/C16H19N3O2S/c1-12(2)18-14-5-3-4-9-19(14)15(20)6-8-17-16(21)13-7-10-22-11-13/h3-5,7,9-12H,6,8H2,1-2H3,(H,17,21). The number of nitrogens with one attached hydrogen (secondary N) is 1. The summed E-state index contributed by atoms with van der Waals surface area (Å²) in [7, 11) is 0. The van der Waals surface area contributed by atoms with Crippen LogP contribution in [0.2, 0.25) is 0 Å². The first-order valence-electron chi connectivity index (χ1n) is 7.13. The van der Waals surface area contributed by atoms with Gasteiger partial charge in [0.15, 0.2) is 0 Å². The molecule has 0 aromatic carbocycles. The van der Waals surface area contributed by atoms with Crippen molar-refractivity contribution in [3.63, 3.8) is 0 Å². The lowest BCUT2D eigenvalue weighted by Crippen LogP contribution is -2.31. The molecule has 0 spiro atoms. The summed E-state index contributed by atoms with van der Waals surface area (Å²) in [5.41, 5.74) is 1.26. The van der Waals surface area contributed by atoms with E-state index in [9.17, 15) is 9.59 Å². The molecule has 0 atom stereocenters. The van der Waals surface area contributed by atoms with Crippen LogP contribution in [0.1, 0.15) is 35.4 Å². The summed E-state index contributed by atoms with van der Waals surface area (Å²) in [6, 6.07) is 7.32. The van der Waals surface area contributed by atoms with Gasteiger partial charge in [-0.1, -0.05) is 6.07 Å². The van der Waals surface area contributed by atoms with Gasteiger partial charge in [0.2, 0.25) is 5.91 Å². The zero-order valence-electron chi connectivity index (χ0n) is 12.7. The number of hydrogen-bond donors (Lipinski definition) is 1. The quantitative estimate of drug-likeness (QED) is 0.920. The zero-order valence-corrected chi connectivity index (χ0v) is 13.5. The molecule has 0 saturated carbocycles. The van der Waals surface area contributed by atoms with E-state index >= 15 is 0 Å². The van der Waals surface area contributed by atoms with Crippen LogP contribution in [0.25, 0.3) is 0 Å². The van der Waals surface area contributed by atoms with E-state index in [2.05, 4.69) is 10.3 Å². The molecule has 2 aromatic heterocycles. The lowest BCUT2D eigenvalue weighted by molar-refractivity contribution is 0.0888. The highest BCUT2D eigenvalue weighted by atomic mass is 32.1. The van der Waals surface area contributed by atoms with Gasteiger partial charge in [0.1, 0.15) is 5.49 Å². The normalized spacial score (nSPS) is 11.7. The Kier molecular flexibility index (Phi) is 5.66.